The van der Waals surface area contributed by atoms with E-state index < -0.39 is 11.0 Å². The van der Waals surface area contributed by atoms with Gasteiger partial charge in [-0.25, -0.2) is 0 Å². The Balaban J connectivity index is 3.11. The molecule has 1 aromatic rings. The highest BCUT2D eigenvalue weighted by atomic mass is 16.6. The Morgan fingerprint density at radius 1 is 1.50 bits per heavy atom. The minimum atomic E-state index is -0.681. The number of para-hydroxylation sites is 1. The Morgan fingerprint density at radius 3 is 2.62 bits per heavy atom. The van der Waals surface area contributed by atoms with Crippen molar-refractivity contribution in [3.8, 4) is 5.75 Å². The van der Waals surface area contributed by atoms with Crippen LogP contribution in [0.3, 0.4) is 0 Å². The Kier molecular flexibility index (Phi) is 3.60. The fourth-order valence-corrected chi connectivity index (χ4v) is 1.19. The minimum Gasteiger partial charge on any atom is -0.476 e. The minimum absolute atomic E-state index is 0.117. The molecule has 0 fully saturated rings. The molecule has 16 heavy (non-hydrogen) atoms. The van der Waals surface area contributed by atoms with E-state index in [1.807, 2.05) is 0 Å². The lowest BCUT2D eigenvalue weighted by Crippen LogP contribution is -2.21. The van der Waals surface area contributed by atoms with Crippen LogP contribution in [0, 0.1) is 17.0 Å². The summed E-state index contributed by atoms with van der Waals surface area (Å²) in [5.41, 5.74) is 0.524. The van der Waals surface area contributed by atoms with Gasteiger partial charge in [-0.15, -0.1) is 0 Å². The van der Waals surface area contributed by atoms with E-state index in [1.54, 1.807) is 26.0 Å². The first-order chi connectivity index (χ1) is 7.43. The summed E-state index contributed by atoms with van der Waals surface area (Å²) in [6.45, 7) is 4.66. The molecule has 0 heterocycles. The summed E-state index contributed by atoms with van der Waals surface area (Å²) in [7, 11) is 0. The lowest BCUT2D eigenvalue weighted by molar-refractivity contribution is -0.386. The van der Waals surface area contributed by atoms with E-state index in [1.165, 1.54) is 13.0 Å². The largest absolute Gasteiger partial charge is 0.476 e. The molecule has 0 saturated carbocycles. The molecule has 1 aromatic carbocycles. The lowest BCUT2D eigenvalue weighted by Gasteiger charge is -2.13. The highest BCUT2D eigenvalue weighted by molar-refractivity contribution is 5.80. The van der Waals surface area contributed by atoms with Gasteiger partial charge in [-0.3, -0.25) is 14.9 Å². The van der Waals surface area contributed by atoms with E-state index in [-0.39, 0.29) is 17.2 Å². The number of Topliss-reactive ketones (excluding diaryl/α,β-unsaturated/α-hetero) is 1. The summed E-state index contributed by atoms with van der Waals surface area (Å²) >= 11 is 0. The van der Waals surface area contributed by atoms with Crippen LogP contribution >= 0.6 is 0 Å². The summed E-state index contributed by atoms with van der Waals surface area (Å²) in [5, 5.41) is 10.8. The van der Waals surface area contributed by atoms with E-state index in [4.69, 9.17) is 4.74 Å². The van der Waals surface area contributed by atoms with Crippen molar-refractivity contribution in [1.29, 1.82) is 0 Å². The molecule has 0 aliphatic carbocycles. The first kappa shape index (κ1) is 12.2. The molecular weight excluding hydrogens is 210 g/mol. The van der Waals surface area contributed by atoms with Crippen molar-refractivity contribution < 1.29 is 14.5 Å². The number of carbonyl (C=O) groups is 1. The first-order valence-corrected chi connectivity index (χ1v) is 4.84. The average Bonchev–Trinajstić information content (AvgIpc) is 2.20. The number of benzene rings is 1. The van der Waals surface area contributed by atoms with E-state index in [0.29, 0.717) is 5.56 Å². The average molecular weight is 223 g/mol. The van der Waals surface area contributed by atoms with Gasteiger partial charge < -0.3 is 4.74 Å². The molecule has 5 nitrogen and oxygen atoms in total. The second-order valence-electron chi connectivity index (χ2n) is 3.55. The Labute approximate surface area is 93.2 Å². The molecule has 1 rings (SSSR count). The number of ketones is 1. The molecule has 0 saturated heterocycles. The molecule has 86 valence electrons. The van der Waals surface area contributed by atoms with Gasteiger partial charge in [-0.05, 0) is 26.3 Å². The SMILES string of the molecule is CC(=O)C(C)Oc1c(C)cccc1[N+](=O)[O-]. The summed E-state index contributed by atoms with van der Waals surface area (Å²) < 4.78 is 5.31. The number of ether oxygens (including phenoxy) is 1. The number of nitro benzene ring substituents is 1. The molecule has 0 bridgehead atoms. The van der Waals surface area contributed by atoms with Crippen LogP contribution in [-0.4, -0.2) is 16.8 Å². The Hall–Kier alpha value is -1.91. The summed E-state index contributed by atoms with van der Waals surface area (Å²) in [4.78, 5) is 21.3. The van der Waals surface area contributed by atoms with Gasteiger partial charge in [0.2, 0.25) is 5.75 Å². The fraction of sp³-hybridized carbons (Fsp3) is 0.364. The topological polar surface area (TPSA) is 69.4 Å². The number of carbonyl (C=O) groups excluding carboxylic acids is 1. The van der Waals surface area contributed by atoms with Gasteiger partial charge in [0.15, 0.2) is 11.9 Å². The van der Waals surface area contributed by atoms with Gasteiger partial charge in [-0.2, -0.15) is 0 Å². The first-order valence-electron chi connectivity index (χ1n) is 4.84. The number of hydrogen-bond acceptors (Lipinski definition) is 4. The third kappa shape index (κ3) is 2.56. The van der Waals surface area contributed by atoms with Crippen molar-refractivity contribution in [2.45, 2.75) is 26.9 Å². The predicted molar refractivity (Wildman–Crippen MR) is 58.6 cm³/mol. The van der Waals surface area contributed by atoms with Gasteiger partial charge in [0.1, 0.15) is 0 Å². The van der Waals surface area contributed by atoms with Gasteiger partial charge in [0.25, 0.3) is 0 Å². The molecule has 0 aliphatic heterocycles. The number of rotatable bonds is 4. The van der Waals surface area contributed by atoms with Gasteiger partial charge >= 0.3 is 5.69 Å². The van der Waals surface area contributed by atoms with Crippen LogP contribution in [-0.2, 0) is 4.79 Å². The smallest absolute Gasteiger partial charge is 0.311 e. The van der Waals surface area contributed by atoms with Crippen LogP contribution in [0.4, 0.5) is 5.69 Å². The molecule has 1 unspecified atom stereocenters. The van der Waals surface area contributed by atoms with Gasteiger partial charge in [-0.1, -0.05) is 12.1 Å². The molecule has 0 aliphatic rings. The number of aryl methyl sites for hydroxylation is 1. The summed E-state index contributed by atoms with van der Waals surface area (Å²) in [5.74, 6) is -0.00671. The van der Waals surface area contributed by atoms with Crippen molar-refractivity contribution in [2.24, 2.45) is 0 Å². The maximum Gasteiger partial charge on any atom is 0.311 e. The van der Waals surface area contributed by atoms with Crippen LogP contribution in [0.15, 0.2) is 18.2 Å². The van der Waals surface area contributed by atoms with E-state index in [9.17, 15) is 14.9 Å². The fourth-order valence-electron chi connectivity index (χ4n) is 1.19. The highest BCUT2D eigenvalue weighted by Crippen LogP contribution is 2.31. The van der Waals surface area contributed by atoms with Crippen LogP contribution < -0.4 is 4.74 Å². The quantitative estimate of drug-likeness (QED) is 0.579. The van der Waals surface area contributed by atoms with Crippen molar-refractivity contribution in [3.63, 3.8) is 0 Å². The van der Waals surface area contributed by atoms with E-state index in [2.05, 4.69) is 0 Å². The van der Waals surface area contributed by atoms with Crippen molar-refractivity contribution in [1.82, 2.24) is 0 Å². The Morgan fingerprint density at radius 2 is 2.12 bits per heavy atom. The maximum atomic E-state index is 11.0. The molecule has 0 aromatic heterocycles. The molecule has 0 radical (unpaired) electrons. The second-order valence-corrected chi connectivity index (χ2v) is 3.55. The molecule has 0 spiro atoms. The van der Waals surface area contributed by atoms with E-state index >= 15 is 0 Å². The number of hydrogen-bond donors (Lipinski definition) is 0. The van der Waals surface area contributed by atoms with Crippen molar-refractivity contribution in [2.75, 3.05) is 0 Å². The zero-order chi connectivity index (χ0) is 12.3. The van der Waals surface area contributed by atoms with E-state index in [0.717, 1.165) is 0 Å². The van der Waals surface area contributed by atoms with Gasteiger partial charge in [0.05, 0.1) is 4.92 Å². The van der Waals surface area contributed by atoms with Crippen LogP contribution in [0.25, 0.3) is 0 Å². The van der Waals surface area contributed by atoms with Crippen LogP contribution in [0.5, 0.6) is 5.75 Å². The maximum absolute atomic E-state index is 11.0. The Bertz CT molecular complexity index is 428. The molecular formula is C11H13NO4. The van der Waals surface area contributed by atoms with Crippen LogP contribution in [0.1, 0.15) is 19.4 Å². The molecule has 1 atom stereocenters. The zero-order valence-corrected chi connectivity index (χ0v) is 9.39. The third-order valence-corrected chi connectivity index (χ3v) is 2.25. The monoisotopic (exact) mass is 223 g/mol. The number of nitrogens with zero attached hydrogens (tertiary/aromatic N) is 1. The van der Waals surface area contributed by atoms with Crippen molar-refractivity contribution >= 4 is 11.5 Å². The summed E-state index contributed by atoms with van der Waals surface area (Å²) in [6.07, 6.45) is -0.681. The highest BCUT2D eigenvalue weighted by Gasteiger charge is 2.20. The van der Waals surface area contributed by atoms with Gasteiger partial charge in [0, 0.05) is 6.07 Å². The lowest BCUT2D eigenvalue weighted by atomic mass is 10.2. The zero-order valence-electron chi connectivity index (χ0n) is 9.39. The summed E-state index contributed by atoms with van der Waals surface area (Å²) in [6, 6.07) is 4.64. The van der Waals surface area contributed by atoms with Crippen LogP contribution in [0.2, 0.25) is 0 Å². The third-order valence-electron chi connectivity index (χ3n) is 2.25. The molecule has 0 N–H and O–H groups in total. The second kappa shape index (κ2) is 4.74. The van der Waals surface area contributed by atoms with Crippen molar-refractivity contribution in [3.05, 3.63) is 33.9 Å². The number of nitro groups is 1. The normalized spacial score (nSPS) is 11.9. The predicted octanol–water partition coefficient (Wildman–Crippen LogP) is 2.26. The molecule has 5 heteroatoms. The molecule has 0 amide bonds. The standard InChI is InChI=1S/C11H13NO4/c1-7-5-4-6-10(12(14)15)11(7)16-9(3)8(2)13/h4-6,9H,1-3H3.